The van der Waals surface area contributed by atoms with E-state index < -0.39 is 5.97 Å². The summed E-state index contributed by atoms with van der Waals surface area (Å²) in [6.07, 6.45) is 0.123. The first-order valence-electron chi connectivity index (χ1n) is 11.5. The molecule has 0 saturated carbocycles. The second-order valence-corrected chi connectivity index (χ2v) is 8.62. The molecule has 1 aromatic heterocycles. The second kappa shape index (κ2) is 11.1. The van der Waals surface area contributed by atoms with Crippen LogP contribution in [0.3, 0.4) is 0 Å². The van der Waals surface area contributed by atoms with Gasteiger partial charge in [-0.3, -0.25) is 4.79 Å². The first-order chi connectivity index (χ1) is 16.9. The van der Waals surface area contributed by atoms with Gasteiger partial charge in [0.05, 0.1) is 13.0 Å². The lowest BCUT2D eigenvalue weighted by molar-refractivity contribution is -0.137. The van der Waals surface area contributed by atoms with Gasteiger partial charge in [0.2, 0.25) is 5.82 Å². The third-order valence-electron chi connectivity index (χ3n) is 5.89. The van der Waals surface area contributed by atoms with Gasteiger partial charge in [-0.1, -0.05) is 59.8 Å². The van der Waals surface area contributed by atoms with Crippen LogP contribution in [0.15, 0.2) is 71.3 Å². The molecule has 0 fully saturated rings. The van der Waals surface area contributed by atoms with Crippen molar-refractivity contribution in [3.63, 3.8) is 0 Å². The summed E-state index contributed by atoms with van der Waals surface area (Å²) in [6.45, 7) is 3.74. The lowest BCUT2D eigenvalue weighted by Crippen LogP contribution is -2.21. The van der Waals surface area contributed by atoms with Crippen LogP contribution < -0.4 is 0 Å². The van der Waals surface area contributed by atoms with Crippen LogP contribution >= 0.6 is 0 Å². The number of aliphatic carboxylic acids is 1. The zero-order valence-corrected chi connectivity index (χ0v) is 20.2. The molecule has 35 heavy (non-hydrogen) atoms. The van der Waals surface area contributed by atoms with Gasteiger partial charge >= 0.3 is 5.97 Å². The first kappa shape index (κ1) is 24.3. The zero-order valence-electron chi connectivity index (χ0n) is 20.2. The van der Waals surface area contributed by atoms with E-state index in [0.717, 1.165) is 27.8 Å². The Bertz CT molecular complexity index is 1300. The third kappa shape index (κ3) is 6.01. The number of nitrogens with zero attached hydrogens (tertiary/aromatic N) is 3. The molecule has 7 nitrogen and oxygen atoms in total. The van der Waals surface area contributed by atoms with Crippen molar-refractivity contribution in [2.45, 2.75) is 26.5 Å². The number of carbonyl (C=O) groups is 1. The quantitative estimate of drug-likeness (QED) is 0.330. The molecule has 0 radical (unpaired) electrons. The summed E-state index contributed by atoms with van der Waals surface area (Å²) in [5, 5.41) is 13.0. The maximum Gasteiger partial charge on any atom is 0.304 e. The molecule has 0 aliphatic rings. The van der Waals surface area contributed by atoms with Crippen LogP contribution in [0.1, 0.15) is 23.1 Å². The minimum Gasteiger partial charge on any atom is -0.481 e. The molecule has 4 aromatic rings. The van der Waals surface area contributed by atoms with E-state index in [2.05, 4.69) is 35.3 Å². The van der Waals surface area contributed by atoms with Crippen molar-refractivity contribution >= 4 is 5.97 Å². The van der Waals surface area contributed by atoms with E-state index in [9.17, 15) is 4.79 Å². The van der Waals surface area contributed by atoms with Crippen LogP contribution in [0.2, 0.25) is 0 Å². The standard InChI is InChI=1S/C28H29N3O4/c1-19-6-4-5-7-24(19)25-13-12-22(16-23(25)18-34-3)28-29-27(30-35-28)21-10-8-20(9-11-21)17-31(2)15-14-26(32)33/h4-13,16H,14-15,17-18H2,1-3H3,(H,32,33). The fraction of sp³-hybridized carbons (Fsp3) is 0.250. The number of ether oxygens (including phenoxy) is 1. The number of aryl methyl sites for hydroxylation is 1. The Labute approximate surface area is 205 Å². The number of methoxy groups -OCH3 is 1. The molecule has 4 rings (SSSR count). The van der Waals surface area contributed by atoms with Gasteiger partial charge in [0.1, 0.15) is 0 Å². The Morgan fingerprint density at radius 3 is 2.49 bits per heavy atom. The highest BCUT2D eigenvalue weighted by Crippen LogP contribution is 2.31. The van der Waals surface area contributed by atoms with Crippen LogP contribution in [-0.2, 0) is 22.7 Å². The summed E-state index contributed by atoms with van der Waals surface area (Å²) in [4.78, 5) is 17.3. The van der Waals surface area contributed by atoms with Crippen LogP contribution in [-0.4, -0.2) is 46.8 Å². The molecule has 0 unspecified atom stereocenters. The van der Waals surface area contributed by atoms with Crippen molar-refractivity contribution in [2.24, 2.45) is 0 Å². The van der Waals surface area contributed by atoms with Gasteiger partial charge in [-0.25, -0.2) is 0 Å². The van der Waals surface area contributed by atoms with E-state index in [1.807, 2.05) is 60.5 Å². The summed E-state index contributed by atoms with van der Waals surface area (Å²) in [5.74, 6) is 0.174. The van der Waals surface area contributed by atoms with Gasteiger partial charge in [0, 0.05) is 31.3 Å². The highest BCUT2D eigenvalue weighted by molar-refractivity contribution is 5.74. The van der Waals surface area contributed by atoms with Crippen LogP contribution in [0.25, 0.3) is 34.0 Å². The van der Waals surface area contributed by atoms with Gasteiger partial charge in [0.25, 0.3) is 5.89 Å². The van der Waals surface area contributed by atoms with Crippen LogP contribution in [0.4, 0.5) is 0 Å². The monoisotopic (exact) mass is 471 g/mol. The van der Waals surface area contributed by atoms with Crippen molar-refractivity contribution in [1.82, 2.24) is 15.0 Å². The largest absolute Gasteiger partial charge is 0.481 e. The highest BCUT2D eigenvalue weighted by atomic mass is 16.5. The minimum atomic E-state index is -0.792. The second-order valence-electron chi connectivity index (χ2n) is 8.62. The van der Waals surface area contributed by atoms with Crippen LogP contribution in [0.5, 0.6) is 0 Å². The van der Waals surface area contributed by atoms with Gasteiger partial charge < -0.3 is 19.3 Å². The molecule has 1 N–H and O–H groups in total. The Morgan fingerprint density at radius 1 is 1.03 bits per heavy atom. The molecule has 0 aliphatic heterocycles. The highest BCUT2D eigenvalue weighted by Gasteiger charge is 2.15. The molecule has 0 amide bonds. The molecule has 180 valence electrons. The van der Waals surface area contributed by atoms with Crippen molar-refractivity contribution < 1.29 is 19.2 Å². The summed E-state index contributed by atoms with van der Waals surface area (Å²) >= 11 is 0. The van der Waals surface area contributed by atoms with Crippen molar-refractivity contribution in [3.8, 4) is 34.0 Å². The summed E-state index contributed by atoms with van der Waals surface area (Å²) in [7, 11) is 3.59. The third-order valence-corrected chi connectivity index (χ3v) is 5.89. The molecular weight excluding hydrogens is 442 g/mol. The van der Waals surface area contributed by atoms with E-state index >= 15 is 0 Å². The number of hydrogen-bond donors (Lipinski definition) is 1. The van der Waals surface area contributed by atoms with E-state index in [4.69, 9.17) is 14.4 Å². The number of carboxylic acids is 1. The number of carboxylic acid groups (broad SMARTS) is 1. The van der Waals surface area contributed by atoms with Crippen LogP contribution in [0, 0.1) is 6.92 Å². The molecule has 3 aromatic carbocycles. The van der Waals surface area contributed by atoms with Gasteiger partial charge in [0.15, 0.2) is 0 Å². The number of benzene rings is 3. The minimum absolute atomic E-state index is 0.123. The Kier molecular flexibility index (Phi) is 7.70. The molecule has 0 aliphatic carbocycles. The SMILES string of the molecule is COCc1cc(-c2nc(-c3ccc(CN(C)CCC(=O)O)cc3)no2)ccc1-c1ccccc1C. The Morgan fingerprint density at radius 2 is 1.77 bits per heavy atom. The smallest absolute Gasteiger partial charge is 0.304 e. The zero-order chi connectivity index (χ0) is 24.8. The predicted molar refractivity (Wildman–Crippen MR) is 135 cm³/mol. The summed E-state index contributed by atoms with van der Waals surface area (Å²) in [6, 6.07) is 22.3. The average Bonchev–Trinajstić information content (AvgIpc) is 3.34. The summed E-state index contributed by atoms with van der Waals surface area (Å²) < 4.78 is 11.1. The molecule has 1 heterocycles. The lowest BCUT2D eigenvalue weighted by Gasteiger charge is -2.15. The van der Waals surface area contributed by atoms with Gasteiger partial charge in [-0.15, -0.1) is 0 Å². The van der Waals surface area contributed by atoms with E-state index in [1.54, 1.807) is 7.11 Å². The fourth-order valence-electron chi connectivity index (χ4n) is 4.03. The van der Waals surface area contributed by atoms with Crippen molar-refractivity contribution in [3.05, 3.63) is 83.4 Å². The molecule has 0 saturated heterocycles. The molecule has 0 atom stereocenters. The molecule has 0 bridgehead atoms. The number of hydrogen-bond acceptors (Lipinski definition) is 6. The first-order valence-corrected chi connectivity index (χ1v) is 11.5. The van der Waals surface area contributed by atoms with Gasteiger partial charge in [-0.05, 0) is 53.9 Å². The molecule has 0 spiro atoms. The van der Waals surface area contributed by atoms with Crippen molar-refractivity contribution in [2.75, 3.05) is 20.7 Å². The van der Waals surface area contributed by atoms with Gasteiger partial charge in [-0.2, -0.15) is 4.98 Å². The maximum atomic E-state index is 10.8. The topological polar surface area (TPSA) is 88.7 Å². The number of rotatable bonds is 10. The molecule has 7 heteroatoms. The predicted octanol–water partition coefficient (Wildman–Crippen LogP) is 5.43. The van der Waals surface area contributed by atoms with Crippen molar-refractivity contribution in [1.29, 1.82) is 0 Å². The normalized spacial score (nSPS) is 11.2. The lowest BCUT2D eigenvalue weighted by atomic mass is 9.94. The molecular formula is C28H29N3O4. The average molecular weight is 472 g/mol. The number of aromatic nitrogens is 2. The fourth-order valence-corrected chi connectivity index (χ4v) is 4.03. The summed E-state index contributed by atoms with van der Waals surface area (Å²) in [5.41, 5.74) is 7.32. The van der Waals surface area contributed by atoms with E-state index in [-0.39, 0.29) is 6.42 Å². The Hall–Kier alpha value is -3.81. The van der Waals surface area contributed by atoms with E-state index in [0.29, 0.717) is 31.4 Å². The van der Waals surface area contributed by atoms with E-state index in [1.165, 1.54) is 11.1 Å². The maximum absolute atomic E-state index is 10.8. The Balaban J connectivity index is 1.53.